The van der Waals surface area contributed by atoms with Crippen molar-refractivity contribution >= 4 is 34.3 Å². The van der Waals surface area contributed by atoms with Gasteiger partial charge in [0.05, 0.1) is 5.69 Å². The molecule has 1 spiro atoms. The lowest BCUT2D eigenvalue weighted by atomic mass is 9.66. The molecule has 2 heterocycles. The van der Waals surface area contributed by atoms with Crippen LogP contribution in [-0.4, -0.2) is 22.8 Å². The average Bonchev–Trinajstić information content (AvgIpc) is 2.75. The van der Waals surface area contributed by atoms with Gasteiger partial charge in [0, 0.05) is 5.38 Å². The molecule has 1 N–H and O–H groups in total. The van der Waals surface area contributed by atoms with Gasteiger partial charge < -0.3 is 0 Å². The molecule has 0 radical (unpaired) electrons. The summed E-state index contributed by atoms with van der Waals surface area (Å²) < 4.78 is 0. The van der Waals surface area contributed by atoms with Crippen LogP contribution in [0.1, 0.15) is 44.7 Å². The fourth-order valence-corrected chi connectivity index (χ4v) is 3.45. The van der Waals surface area contributed by atoms with Gasteiger partial charge >= 0.3 is 6.03 Å². The van der Waals surface area contributed by atoms with E-state index in [1.165, 1.54) is 11.3 Å². The zero-order valence-electron chi connectivity index (χ0n) is 11.3. The molecule has 20 heavy (non-hydrogen) atoms. The molecule has 3 rings (SSSR count). The van der Waals surface area contributed by atoms with Crippen LogP contribution in [0.4, 0.5) is 9.93 Å². The van der Waals surface area contributed by atoms with Gasteiger partial charge in [-0.05, 0) is 18.8 Å². The summed E-state index contributed by atoms with van der Waals surface area (Å²) in [5.74, 6) is -0.667. The molecule has 1 aliphatic heterocycles. The number of carbonyl (C=O) groups excluding carboxylic acids is 3. The lowest BCUT2D eigenvalue weighted by Gasteiger charge is -2.43. The van der Waals surface area contributed by atoms with Gasteiger partial charge in [0.15, 0.2) is 0 Å². The summed E-state index contributed by atoms with van der Waals surface area (Å²) in [6, 6.07) is -0.692. The van der Waals surface area contributed by atoms with E-state index in [4.69, 9.17) is 0 Å². The number of hydrogen-bond donors (Lipinski definition) is 1. The molecule has 7 heteroatoms. The fraction of sp³-hybridized carbons (Fsp3) is 0.538. The van der Waals surface area contributed by atoms with Gasteiger partial charge in [-0.3, -0.25) is 14.9 Å². The van der Waals surface area contributed by atoms with Crippen molar-refractivity contribution in [3.63, 3.8) is 0 Å². The zero-order valence-corrected chi connectivity index (χ0v) is 12.1. The first-order valence-electron chi connectivity index (χ1n) is 6.61. The van der Waals surface area contributed by atoms with Gasteiger partial charge in [-0.2, -0.15) is 0 Å². The van der Waals surface area contributed by atoms with Crippen LogP contribution in [0.3, 0.4) is 0 Å². The molecule has 4 amide bonds. The van der Waals surface area contributed by atoms with Crippen LogP contribution in [0.25, 0.3) is 0 Å². The smallest absolute Gasteiger partial charge is 0.276 e. The van der Waals surface area contributed by atoms with E-state index in [0.29, 0.717) is 18.0 Å². The van der Waals surface area contributed by atoms with Crippen molar-refractivity contribution in [3.8, 4) is 0 Å². The first-order chi connectivity index (χ1) is 9.45. The highest BCUT2D eigenvalue weighted by molar-refractivity contribution is 7.14. The Morgan fingerprint density at radius 3 is 2.55 bits per heavy atom. The number of barbiturate groups is 1. The number of carbonyl (C=O) groups is 3. The highest BCUT2D eigenvalue weighted by Gasteiger charge is 2.58. The number of aromatic nitrogens is 1. The molecule has 0 atom stereocenters. The third kappa shape index (κ3) is 1.69. The van der Waals surface area contributed by atoms with Gasteiger partial charge in [0.2, 0.25) is 11.0 Å². The van der Waals surface area contributed by atoms with Crippen LogP contribution in [-0.2, 0) is 9.59 Å². The molecule has 1 aromatic rings. The number of imide groups is 2. The number of nitrogens with one attached hydrogen (secondary N) is 1. The largest absolute Gasteiger partial charge is 0.337 e. The van der Waals surface area contributed by atoms with Gasteiger partial charge in [-0.25, -0.2) is 14.7 Å². The Morgan fingerprint density at radius 1 is 1.35 bits per heavy atom. The molecule has 0 bridgehead atoms. The minimum atomic E-state index is -1.04. The van der Waals surface area contributed by atoms with E-state index in [0.717, 1.165) is 17.0 Å². The van der Waals surface area contributed by atoms with E-state index in [9.17, 15) is 14.4 Å². The zero-order chi connectivity index (χ0) is 14.5. The number of anilines is 1. The fourth-order valence-electron chi connectivity index (χ4n) is 2.47. The van der Waals surface area contributed by atoms with E-state index < -0.39 is 23.3 Å². The van der Waals surface area contributed by atoms with E-state index in [1.807, 2.05) is 19.2 Å². The summed E-state index contributed by atoms with van der Waals surface area (Å²) in [4.78, 5) is 41.8. The Balaban J connectivity index is 1.96. The van der Waals surface area contributed by atoms with Gasteiger partial charge in [0.25, 0.3) is 5.91 Å². The topological polar surface area (TPSA) is 79.4 Å². The third-order valence-electron chi connectivity index (χ3n) is 3.97. The van der Waals surface area contributed by atoms with Crippen molar-refractivity contribution in [2.24, 2.45) is 5.41 Å². The molecule has 0 aromatic carbocycles. The molecule has 2 fully saturated rings. The Bertz CT molecular complexity index is 604. The van der Waals surface area contributed by atoms with Gasteiger partial charge in [-0.15, -0.1) is 11.3 Å². The van der Waals surface area contributed by atoms with E-state index in [-0.39, 0.29) is 5.92 Å². The molecule has 6 nitrogen and oxygen atoms in total. The number of urea groups is 1. The minimum Gasteiger partial charge on any atom is -0.276 e. The summed E-state index contributed by atoms with van der Waals surface area (Å²) in [6.45, 7) is 3.99. The van der Waals surface area contributed by atoms with Crippen LogP contribution in [0, 0.1) is 5.41 Å². The molecule has 106 valence electrons. The van der Waals surface area contributed by atoms with Crippen molar-refractivity contribution in [2.75, 3.05) is 4.90 Å². The van der Waals surface area contributed by atoms with Crippen molar-refractivity contribution < 1.29 is 14.4 Å². The van der Waals surface area contributed by atoms with Crippen LogP contribution in [0.5, 0.6) is 0 Å². The second-order valence-corrected chi connectivity index (χ2v) is 6.38. The van der Waals surface area contributed by atoms with Crippen LogP contribution >= 0.6 is 11.3 Å². The SMILES string of the molecule is CC(C)c1csc(N2C(=O)NC(=O)C3(CCC3)C2=O)n1. The normalized spacial score (nSPS) is 21.4. The quantitative estimate of drug-likeness (QED) is 0.846. The highest BCUT2D eigenvalue weighted by Crippen LogP contribution is 2.45. The number of hydrogen-bond acceptors (Lipinski definition) is 5. The molecule has 0 unspecified atom stereocenters. The van der Waals surface area contributed by atoms with Crippen molar-refractivity contribution in [1.29, 1.82) is 0 Å². The number of amides is 4. The van der Waals surface area contributed by atoms with Crippen molar-refractivity contribution in [3.05, 3.63) is 11.1 Å². The summed E-state index contributed by atoms with van der Waals surface area (Å²) >= 11 is 1.25. The second kappa shape index (κ2) is 4.37. The third-order valence-corrected chi connectivity index (χ3v) is 4.81. The Hall–Kier alpha value is -1.76. The lowest BCUT2D eigenvalue weighted by Crippen LogP contribution is -2.66. The first kappa shape index (κ1) is 13.2. The first-order valence-corrected chi connectivity index (χ1v) is 7.49. The lowest BCUT2D eigenvalue weighted by molar-refractivity contribution is -0.148. The van der Waals surface area contributed by atoms with Crippen LogP contribution < -0.4 is 10.2 Å². The summed E-state index contributed by atoms with van der Waals surface area (Å²) in [5.41, 5.74) is -0.206. The molecule has 1 saturated heterocycles. The summed E-state index contributed by atoms with van der Waals surface area (Å²) in [6.07, 6.45) is 1.84. The molecule has 1 aromatic heterocycles. The Labute approximate surface area is 120 Å². The molecule has 1 saturated carbocycles. The van der Waals surface area contributed by atoms with Crippen LogP contribution in [0.2, 0.25) is 0 Å². The predicted molar refractivity (Wildman–Crippen MR) is 73.5 cm³/mol. The maximum absolute atomic E-state index is 12.5. The summed E-state index contributed by atoms with van der Waals surface area (Å²) in [5, 5.41) is 4.46. The van der Waals surface area contributed by atoms with Gasteiger partial charge in [0.1, 0.15) is 5.41 Å². The number of thiazole rings is 1. The maximum atomic E-state index is 12.5. The van der Waals surface area contributed by atoms with Crippen molar-refractivity contribution in [2.45, 2.75) is 39.0 Å². The van der Waals surface area contributed by atoms with Crippen molar-refractivity contribution in [1.82, 2.24) is 10.3 Å². The second-order valence-electron chi connectivity index (χ2n) is 5.55. The average molecular weight is 293 g/mol. The predicted octanol–water partition coefficient (Wildman–Crippen LogP) is 2.02. The molecule has 1 aliphatic carbocycles. The minimum absolute atomic E-state index is 0.224. The molecular weight excluding hydrogens is 278 g/mol. The standard InChI is InChI=1S/C13H15N3O3S/c1-7(2)8-6-20-12(14-8)16-10(18)13(4-3-5-13)9(17)15-11(16)19/h6-7H,3-5H2,1-2H3,(H,15,17,19). The Morgan fingerprint density at radius 2 is 2.05 bits per heavy atom. The number of nitrogens with zero attached hydrogens (tertiary/aromatic N) is 2. The van der Waals surface area contributed by atoms with E-state index >= 15 is 0 Å². The van der Waals surface area contributed by atoms with E-state index in [2.05, 4.69) is 10.3 Å². The number of rotatable bonds is 2. The van der Waals surface area contributed by atoms with Crippen LogP contribution in [0.15, 0.2) is 5.38 Å². The monoisotopic (exact) mass is 293 g/mol. The molecular formula is C13H15N3O3S. The van der Waals surface area contributed by atoms with Gasteiger partial charge in [-0.1, -0.05) is 20.3 Å². The summed E-state index contributed by atoms with van der Waals surface area (Å²) in [7, 11) is 0. The Kier molecular flexibility index (Phi) is 2.89. The highest BCUT2D eigenvalue weighted by atomic mass is 32.1. The molecule has 2 aliphatic rings. The van der Waals surface area contributed by atoms with E-state index in [1.54, 1.807) is 0 Å². The maximum Gasteiger partial charge on any atom is 0.337 e.